The third-order valence-electron chi connectivity index (χ3n) is 4.96. The van der Waals surface area contributed by atoms with Crippen LogP contribution in [0.5, 0.6) is 5.75 Å². The summed E-state index contributed by atoms with van der Waals surface area (Å²) in [5.74, 6) is 0.907. The molecule has 0 spiro atoms. The number of rotatable bonds is 12. The lowest BCUT2D eigenvalue weighted by Crippen LogP contribution is -2.24. The fourth-order valence-electron chi connectivity index (χ4n) is 3.90. The highest BCUT2D eigenvalue weighted by Gasteiger charge is 2.27. The molecule has 0 aliphatic heterocycles. The van der Waals surface area contributed by atoms with Gasteiger partial charge in [0.2, 0.25) is 0 Å². The Morgan fingerprint density at radius 3 is 2.07 bits per heavy atom. The molecule has 0 aliphatic rings. The second-order valence-corrected chi connectivity index (χ2v) is 9.59. The molecule has 3 nitrogen and oxygen atoms in total. The quantitative estimate of drug-likeness (QED) is 0.413. The van der Waals surface area contributed by atoms with Crippen LogP contribution in [0, 0.1) is 5.41 Å². The summed E-state index contributed by atoms with van der Waals surface area (Å²) in [6.07, 6.45) is 2.19. The Labute approximate surface area is 190 Å². The monoisotopic (exact) mass is 433 g/mol. The molecule has 1 N–H and O–H groups in total. The second kappa shape index (κ2) is 13.0. The van der Waals surface area contributed by atoms with Gasteiger partial charge in [-0.3, -0.25) is 0 Å². The van der Waals surface area contributed by atoms with Crippen LogP contribution in [0.3, 0.4) is 0 Å². The van der Waals surface area contributed by atoms with Gasteiger partial charge in [0.15, 0.2) is 0 Å². The summed E-state index contributed by atoms with van der Waals surface area (Å²) in [7, 11) is 0. The molecule has 2 rings (SSSR count). The summed E-state index contributed by atoms with van der Waals surface area (Å²) in [6, 6.07) is 19.1. The average Bonchev–Trinajstić information content (AvgIpc) is 2.66. The highest BCUT2D eigenvalue weighted by atomic mass is 35.5. The first-order chi connectivity index (χ1) is 13.8. The summed E-state index contributed by atoms with van der Waals surface area (Å²) in [5.41, 5.74) is 3.19. The Balaban J connectivity index is 0.00000450. The molecule has 30 heavy (non-hydrogen) atoms. The Kier molecular flexibility index (Phi) is 11.5. The minimum Gasteiger partial charge on any atom is -0.491 e. The largest absolute Gasteiger partial charge is 0.491 e. The molecule has 168 valence electrons. The van der Waals surface area contributed by atoms with Gasteiger partial charge in [0.05, 0.1) is 13.2 Å². The summed E-state index contributed by atoms with van der Waals surface area (Å²) >= 11 is 0. The van der Waals surface area contributed by atoms with Crippen LogP contribution in [0.2, 0.25) is 0 Å². The van der Waals surface area contributed by atoms with Gasteiger partial charge in [-0.2, -0.15) is 0 Å². The van der Waals surface area contributed by atoms with Crippen molar-refractivity contribution in [3.05, 3.63) is 65.7 Å². The maximum absolute atomic E-state index is 5.81. The van der Waals surface area contributed by atoms with E-state index in [1.807, 2.05) is 0 Å². The first-order valence-electron chi connectivity index (χ1n) is 10.8. The molecule has 0 radical (unpaired) electrons. The highest BCUT2D eigenvalue weighted by molar-refractivity contribution is 5.85. The van der Waals surface area contributed by atoms with Crippen LogP contribution in [-0.2, 0) is 16.6 Å². The van der Waals surface area contributed by atoms with E-state index in [4.69, 9.17) is 9.47 Å². The second-order valence-electron chi connectivity index (χ2n) is 9.59. The van der Waals surface area contributed by atoms with Crippen LogP contribution in [0.4, 0.5) is 0 Å². The van der Waals surface area contributed by atoms with Gasteiger partial charge >= 0.3 is 0 Å². The predicted octanol–water partition coefficient (Wildman–Crippen LogP) is 6.05. The Hall–Kier alpha value is -1.55. The van der Waals surface area contributed by atoms with Crippen LogP contribution >= 0.6 is 12.4 Å². The number of benzene rings is 2. The van der Waals surface area contributed by atoms with Gasteiger partial charge in [-0.05, 0) is 53.5 Å². The Morgan fingerprint density at radius 2 is 1.43 bits per heavy atom. The molecule has 0 amide bonds. The van der Waals surface area contributed by atoms with E-state index in [0.29, 0.717) is 25.2 Å². The number of ether oxygens (including phenoxy) is 2. The molecule has 0 bridgehead atoms. The van der Waals surface area contributed by atoms with E-state index in [0.717, 1.165) is 31.7 Å². The fraction of sp³-hybridized carbons (Fsp3) is 0.538. The third kappa shape index (κ3) is 10.5. The fourth-order valence-corrected chi connectivity index (χ4v) is 3.90. The van der Waals surface area contributed by atoms with E-state index in [1.165, 1.54) is 11.1 Å². The normalized spacial score (nSPS) is 11.8. The zero-order chi connectivity index (χ0) is 21.2. The van der Waals surface area contributed by atoms with Crippen LogP contribution < -0.4 is 10.1 Å². The van der Waals surface area contributed by atoms with Gasteiger partial charge in [0, 0.05) is 6.54 Å². The molecular formula is C26H40ClNO2. The molecule has 0 heterocycles. The van der Waals surface area contributed by atoms with Crippen molar-refractivity contribution in [3.63, 3.8) is 0 Å². The third-order valence-corrected chi connectivity index (χ3v) is 4.96. The average molecular weight is 434 g/mol. The van der Waals surface area contributed by atoms with Crippen LogP contribution in [-0.4, -0.2) is 32.9 Å². The van der Waals surface area contributed by atoms with E-state index in [2.05, 4.69) is 94.5 Å². The summed E-state index contributed by atoms with van der Waals surface area (Å²) in [4.78, 5) is 0. The van der Waals surface area contributed by atoms with Crippen LogP contribution in [0.1, 0.15) is 52.2 Å². The van der Waals surface area contributed by atoms with Crippen molar-refractivity contribution in [2.75, 3.05) is 32.9 Å². The van der Waals surface area contributed by atoms with Crippen molar-refractivity contribution >= 4 is 12.4 Å². The minimum absolute atomic E-state index is 0. The first kappa shape index (κ1) is 26.5. The molecule has 0 aromatic heterocycles. The minimum atomic E-state index is 0. The smallest absolute Gasteiger partial charge is 0.119 e. The summed E-state index contributed by atoms with van der Waals surface area (Å²) < 4.78 is 11.5. The molecule has 0 saturated carbocycles. The van der Waals surface area contributed by atoms with Gasteiger partial charge in [0.1, 0.15) is 12.4 Å². The van der Waals surface area contributed by atoms with E-state index < -0.39 is 0 Å². The predicted molar refractivity (Wildman–Crippen MR) is 130 cm³/mol. The summed E-state index contributed by atoms with van der Waals surface area (Å²) in [5, 5.41) is 3.41. The zero-order valence-electron chi connectivity index (χ0n) is 19.4. The number of nitrogens with one attached hydrogen (secondary N) is 1. The molecule has 0 unspecified atom stereocenters. The van der Waals surface area contributed by atoms with E-state index in [-0.39, 0.29) is 17.8 Å². The van der Waals surface area contributed by atoms with Crippen molar-refractivity contribution in [2.45, 2.75) is 52.9 Å². The lowest BCUT2D eigenvalue weighted by atomic mass is 9.72. The Morgan fingerprint density at radius 1 is 0.767 bits per heavy atom. The van der Waals surface area contributed by atoms with E-state index >= 15 is 0 Å². The number of hydrogen-bond acceptors (Lipinski definition) is 3. The first-order valence-corrected chi connectivity index (χ1v) is 10.8. The lowest BCUT2D eigenvalue weighted by Gasteiger charge is -2.33. The standard InChI is InChI=1S/C26H39NO2.ClH/c1-25(2,3)21-26(4,5)23-11-13-24(14-12-23)29-20-19-28-18-17-27-16-15-22-9-7-6-8-10-22;/h6-14,27H,15-21H2,1-5H3;1H. The SMILES string of the molecule is CC(C)(C)CC(C)(C)c1ccc(OCCOCCNCCc2ccccc2)cc1.Cl. The Bertz CT molecular complexity index is 693. The number of halogens is 1. The van der Waals surface area contributed by atoms with Crippen molar-refractivity contribution < 1.29 is 9.47 Å². The van der Waals surface area contributed by atoms with Crippen LogP contribution in [0.25, 0.3) is 0 Å². The lowest BCUT2D eigenvalue weighted by molar-refractivity contribution is 0.102. The van der Waals surface area contributed by atoms with Crippen LogP contribution in [0.15, 0.2) is 54.6 Å². The van der Waals surface area contributed by atoms with Crippen molar-refractivity contribution in [1.29, 1.82) is 0 Å². The molecule has 2 aromatic carbocycles. The van der Waals surface area contributed by atoms with Gasteiger partial charge in [0.25, 0.3) is 0 Å². The van der Waals surface area contributed by atoms with Gasteiger partial charge in [-0.25, -0.2) is 0 Å². The van der Waals surface area contributed by atoms with Gasteiger partial charge in [-0.15, -0.1) is 12.4 Å². The molecule has 4 heteroatoms. The molecule has 0 saturated heterocycles. The zero-order valence-corrected chi connectivity index (χ0v) is 20.2. The molecule has 2 aromatic rings. The van der Waals surface area contributed by atoms with Gasteiger partial charge in [-0.1, -0.05) is 77.1 Å². The highest BCUT2D eigenvalue weighted by Crippen LogP contribution is 2.36. The van der Waals surface area contributed by atoms with E-state index in [1.54, 1.807) is 0 Å². The van der Waals surface area contributed by atoms with Crippen molar-refractivity contribution in [3.8, 4) is 5.75 Å². The van der Waals surface area contributed by atoms with Crippen molar-refractivity contribution in [1.82, 2.24) is 5.32 Å². The summed E-state index contributed by atoms with van der Waals surface area (Å²) in [6.45, 7) is 15.3. The van der Waals surface area contributed by atoms with Gasteiger partial charge < -0.3 is 14.8 Å². The molecule has 0 fully saturated rings. The molecular weight excluding hydrogens is 394 g/mol. The topological polar surface area (TPSA) is 30.5 Å². The van der Waals surface area contributed by atoms with E-state index in [9.17, 15) is 0 Å². The maximum Gasteiger partial charge on any atom is 0.119 e. The molecule has 0 aliphatic carbocycles. The number of hydrogen-bond donors (Lipinski definition) is 1. The molecule has 0 atom stereocenters. The van der Waals surface area contributed by atoms with Crippen molar-refractivity contribution in [2.24, 2.45) is 5.41 Å². The maximum atomic E-state index is 5.81.